The Kier molecular flexibility index (Phi) is 37.0. The number of hydrogen-bond acceptors (Lipinski definition) is 0. The van der Waals surface area contributed by atoms with Crippen molar-refractivity contribution in [2.75, 3.05) is 0 Å². The average Bonchev–Trinajstić information content (AvgIpc) is 2.75. The van der Waals surface area contributed by atoms with Crippen molar-refractivity contribution in [2.24, 2.45) is 0 Å². The third kappa shape index (κ3) is 70.8. The molecule has 0 aromatic heterocycles. The summed E-state index contributed by atoms with van der Waals surface area (Å²) in [5.74, 6) is -4.94. The van der Waals surface area contributed by atoms with Crippen LogP contribution in [0.4, 0.5) is 26.3 Å². The van der Waals surface area contributed by atoms with Crippen molar-refractivity contribution < 1.29 is 26.3 Å². The van der Waals surface area contributed by atoms with Crippen LogP contribution >= 0.6 is 45.2 Å². The van der Waals surface area contributed by atoms with E-state index in [4.69, 9.17) is 0 Å². The van der Waals surface area contributed by atoms with Crippen molar-refractivity contribution in [2.45, 2.75) is 177 Å². The van der Waals surface area contributed by atoms with E-state index in [2.05, 4.69) is 49.9 Å². The van der Waals surface area contributed by atoms with E-state index in [1.807, 2.05) is 6.08 Å². The maximum Gasteiger partial charge on any atom is 0.293 e. The van der Waals surface area contributed by atoms with Gasteiger partial charge in [0, 0.05) is 23.7 Å². The summed E-state index contributed by atoms with van der Waals surface area (Å²) in [6, 6.07) is 0. The Balaban J connectivity index is -0.000000214. The lowest BCUT2D eigenvalue weighted by Gasteiger charge is -2.14. The van der Waals surface area contributed by atoms with Gasteiger partial charge in [-0.1, -0.05) is 126 Å². The molecule has 234 valence electrons. The fourth-order valence-electron chi connectivity index (χ4n) is 3.21. The van der Waals surface area contributed by atoms with Crippen LogP contribution < -0.4 is 0 Å². The summed E-state index contributed by atoms with van der Waals surface area (Å²) in [6.45, 7) is 13.0. The van der Waals surface area contributed by atoms with Gasteiger partial charge in [-0.3, -0.25) is 0 Å². The topological polar surface area (TPSA) is 0 Å². The molecule has 0 fully saturated rings. The van der Waals surface area contributed by atoms with Crippen LogP contribution in [0.25, 0.3) is 0 Å². The number of unbranched alkanes of at least 4 members (excludes halogenated alkanes) is 12. The molecule has 0 radical (unpaired) electrons. The van der Waals surface area contributed by atoms with E-state index in [9.17, 15) is 26.3 Å². The fourth-order valence-corrected chi connectivity index (χ4v) is 4.43. The van der Waals surface area contributed by atoms with E-state index in [0.29, 0.717) is 6.42 Å². The van der Waals surface area contributed by atoms with E-state index in [1.54, 1.807) is 0 Å². The quantitative estimate of drug-likeness (QED) is 0.0402. The Morgan fingerprint density at radius 1 is 0.632 bits per heavy atom. The predicted molar refractivity (Wildman–Crippen MR) is 174 cm³/mol. The minimum atomic E-state index is -2.53. The van der Waals surface area contributed by atoms with Gasteiger partial charge in [-0.25, -0.2) is 17.6 Å². The van der Waals surface area contributed by atoms with Gasteiger partial charge in [0.15, 0.2) is 0 Å². The lowest BCUT2D eigenvalue weighted by Crippen LogP contribution is -2.16. The van der Waals surface area contributed by atoms with Gasteiger partial charge in [0.25, 0.3) is 3.93 Å². The molecule has 0 saturated carbocycles. The number of halogens is 8. The molecular weight excluding hydrogens is 728 g/mol. The molecule has 0 heterocycles. The zero-order chi connectivity index (χ0) is 30.5. The highest BCUT2D eigenvalue weighted by atomic mass is 127. The smallest absolute Gasteiger partial charge is 0.207 e. The molecule has 0 aliphatic rings. The maximum absolute atomic E-state index is 12.5. The van der Waals surface area contributed by atoms with Crippen LogP contribution in [0.15, 0.2) is 12.7 Å². The monoisotopic (exact) mass is 786 g/mol. The molecule has 0 aromatic rings. The molecule has 0 spiro atoms. The first-order valence-corrected chi connectivity index (χ1v) is 16.8. The molecular formula is C30H58F6I2. The predicted octanol–water partition coefficient (Wildman–Crippen LogP) is 14.4. The average molecular weight is 787 g/mol. The number of allylic oxidation sites excluding steroid dienone is 1. The van der Waals surface area contributed by atoms with Crippen molar-refractivity contribution in [1.29, 1.82) is 0 Å². The molecule has 0 aromatic carbocycles. The second-order valence-corrected chi connectivity index (χ2v) is 13.9. The zero-order valence-corrected chi connectivity index (χ0v) is 29.4. The third-order valence-electron chi connectivity index (χ3n) is 5.18. The van der Waals surface area contributed by atoms with Crippen molar-refractivity contribution in [3.63, 3.8) is 0 Å². The molecule has 0 N–H and O–H groups in total. The van der Waals surface area contributed by atoms with E-state index in [1.165, 1.54) is 70.6 Å². The molecule has 0 nitrogen and oxygen atoms in total. The Labute approximate surface area is 259 Å². The molecule has 0 amide bonds. The first-order chi connectivity index (χ1) is 17.4. The first-order valence-electron chi connectivity index (χ1n) is 14.5. The van der Waals surface area contributed by atoms with Crippen LogP contribution in [0.1, 0.15) is 157 Å². The number of rotatable bonds is 19. The van der Waals surface area contributed by atoms with Gasteiger partial charge in [0.05, 0.1) is 0 Å². The van der Waals surface area contributed by atoms with Gasteiger partial charge >= 0.3 is 0 Å². The highest BCUT2D eigenvalue weighted by molar-refractivity contribution is 14.1. The normalized spacial score (nSPS) is 12.3. The number of hydrogen-bond donors (Lipinski definition) is 0. The summed E-state index contributed by atoms with van der Waals surface area (Å²) in [4.78, 5) is 0. The van der Waals surface area contributed by atoms with Crippen LogP contribution in [-0.2, 0) is 0 Å². The molecule has 8 heteroatoms. The molecule has 0 aliphatic carbocycles. The van der Waals surface area contributed by atoms with Gasteiger partial charge in [0.2, 0.25) is 11.8 Å². The second kappa shape index (κ2) is 30.7. The van der Waals surface area contributed by atoms with Gasteiger partial charge in [0.1, 0.15) is 0 Å². The Hall–Kier alpha value is 0.780. The Morgan fingerprint density at radius 2 is 1.00 bits per heavy atom. The minimum Gasteiger partial charge on any atom is -0.207 e. The second-order valence-electron chi connectivity index (χ2n) is 10.2. The molecule has 38 heavy (non-hydrogen) atoms. The third-order valence-corrected chi connectivity index (χ3v) is 6.25. The van der Waals surface area contributed by atoms with E-state index in [0.717, 1.165) is 69.0 Å². The SMILES string of the molecule is C=CCCCCCC.CC(F)(F)I.CCCCCCC(I)CC(C)(F)F.CCCCCCCCC(C)(F)F. The first kappa shape index (κ1) is 45.8. The van der Waals surface area contributed by atoms with Crippen molar-refractivity contribution in [1.82, 2.24) is 0 Å². The standard InChI is InChI=1S/C10H19F2I.C10H20F2.C8H16.C2H3F2I/c1-3-4-5-6-7-9(13)8-10(2,11)12;1-3-4-5-6-7-8-9-10(2,11)12;1-3-5-7-8-6-4-2;1-2(3,4)5/h9H,3-8H2,1-2H3;3-9H2,1-2H3;3H,1,4-8H2,2H3;1H3. The van der Waals surface area contributed by atoms with Crippen LogP contribution in [0, 0.1) is 0 Å². The van der Waals surface area contributed by atoms with Crippen molar-refractivity contribution in [3.8, 4) is 0 Å². The summed E-state index contributed by atoms with van der Waals surface area (Å²) in [6.07, 6.45) is 20.7. The van der Waals surface area contributed by atoms with Gasteiger partial charge in [-0.05, 0) is 62.1 Å². The molecule has 0 rings (SSSR count). The molecule has 1 unspecified atom stereocenters. The summed E-state index contributed by atoms with van der Waals surface area (Å²) in [5, 5.41) is 0. The lowest BCUT2D eigenvalue weighted by atomic mass is 10.1. The summed E-state index contributed by atoms with van der Waals surface area (Å²) in [7, 11) is 0. The van der Waals surface area contributed by atoms with Crippen LogP contribution in [0.5, 0.6) is 0 Å². The van der Waals surface area contributed by atoms with Crippen LogP contribution in [-0.4, -0.2) is 19.7 Å². The molecule has 0 aliphatic heterocycles. The Morgan fingerprint density at radius 3 is 1.37 bits per heavy atom. The highest BCUT2D eigenvalue weighted by Gasteiger charge is 2.24. The minimum absolute atomic E-state index is 0.0275. The summed E-state index contributed by atoms with van der Waals surface area (Å²) < 4.78 is 69.3. The zero-order valence-electron chi connectivity index (χ0n) is 25.1. The van der Waals surface area contributed by atoms with Gasteiger partial charge in [-0.15, -0.1) is 6.58 Å². The largest absolute Gasteiger partial charge is 0.293 e. The van der Waals surface area contributed by atoms with Crippen LogP contribution in [0.2, 0.25) is 0 Å². The fraction of sp³-hybridized carbons (Fsp3) is 0.933. The lowest BCUT2D eigenvalue weighted by molar-refractivity contribution is 0.0101. The Bertz CT molecular complexity index is 451. The highest BCUT2D eigenvalue weighted by Crippen LogP contribution is 2.26. The number of alkyl halides is 8. The molecule has 0 saturated heterocycles. The molecule has 1 atom stereocenters. The maximum atomic E-state index is 12.5. The van der Waals surface area contributed by atoms with Crippen molar-refractivity contribution >= 4 is 45.2 Å². The van der Waals surface area contributed by atoms with Gasteiger partial charge in [-0.2, -0.15) is 8.78 Å². The van der Waals surface area contributed by atoms with E-state index < -0.39 is 15.8 Å². The van der Waals surface area contributed by atoms with Gasteiger partial charge < -0.3 is 0 Å². The van der Waals surface area contributed by atoms with E-state index in [-0.39, 0.29) is 16.8 Å². The molecule has 0 bridgehead atoms. The van der Waals surface area contributed by atoms with Crippen molar-refractivity contribution in [3.05, 3.63) is 12.7 Å². The van der Waals surface area contributed by atoms with E-state index >= 15 is 0 Å². The van der Waals surface area contributed by atoms with Crippen LogP contribution in [0.3, 0.4) is 0 Å². The summed E-state index contributed by atoms with van der Waals surface area (Å²) >= 11 is 3.18. The summed E-state index contributed by atoms with van der Waals surface area (Å²) in [5.41, 5.74) is 0.